The molecule has 0 fully saturated rings. The molecule has 12 rings (SSSR count). The van der Waals surface area contributed by atoms with E-state index in [1.54, 1.807) is 0 Å². The van der Waals surface area contributed by atoms with Gasteiger partial charge in [0.1, 0.15) is 11.2 Å². The molecule has 296 valence electrons. The highest BCUT2D eigenvalue weighted by Gasteiger charge is 2.37. The summed E-state index contributed by atoms with van der Waals surface area (Å²) >= 11 is 0. The van der Waals surface area contributed by atoms with Gasteiger partial charge in [-0.15, -0.1) is 0 Å². The lowest BCUT2D eigenvalue weighted by Crippen LogP contribution is -2.18. The second-order valence-corrected chi connectivity index (χ2v) is 17.7. The summed E-state index contributed by atoms with van der Waals surface area (Å²) in [4.78, 5) is 17.3. The summed E-state index contributed by atoms with van der Waals surface area (Å²) in [7, 11) is 0. The van der Waals surface area contributed by atoms with Crippen molar-refractivity contribution in [1.29, 1.82) is 0 Å². The van der Waals surface area contributed by atoms with Gasteiger partial charge in [0.05, 0.1) is 0 Å². The third-order valence-corrected chi connectivity index (χ3v) is 13.3. The van der Waals surface area contributed by atoms with Gasteiger partial charge in [0.15, 0.2) is 17.5 Å². The Morgan fingerprint density at radius 3 is 1.35 bits per heavy atom. The van der Waals surface area contributed by atoms with Crippen LogP contribution in [0.15, 0.2) is 186 Å². The van der Waals surface area contributed by atoms with Crippen LogP contribution in [0.3, 0.4) is 0 Å². The van der Waals surface area contributed by atoms with Crippen molar-refractivity contribution in [1.82, 2.24) is 15.0 Å². The first kappa shape index (κ1) is 36.2. The van der Waals surface area contributed by atoms with Crippen molar-refractivity contribution < 1.29 is 4.42 Å². The van der Waals surface area contributed by atoms with Gasteiger partial charge in [-0.1, -0.05) is 155 Å². The van der Waals surface area contributed by atoms with E-state index in [9.17, 15) is 0 Å². The largest absolute Gasteiger partial charge is 0.456 e. The molecule has 0 bridgehead atoms. The van der Waals surface area contributed by atoms with Crippen LogP contribution < -0.4 is 4.90 Å². The van der Waals surface area contributed by atoms with Crippen molar-refractivity contribution in [3.63, 3.8) is 0 Å². The molecule has 2 aromatic heterocycles. The van der Waals surface area contributed by atoms with Gasteiger partial charge < -0.3 is 9.32 Å². The topological polar surface area (TPSA) is 55.1 Å². The molecule has 5 heteroatoms. The summed E-state index contributed by atoms with van der Waals surface area (Å²) < 4.78 is 6.65. The van der Waals surface area contributed by atoms with Crippen LogP contribution in [0.1, 0.15) is 49.9 Å². The van der Waals surface area contributed by atoms with E-state index in [4.69, 9.17) is 19.4 Å². The summed E-state index contributed by atoms with van der Waals surface area (Å²) in [5.41, 5.74) is 18.0. The highest BCUT2D eigenvalue weighted by molar-refractivity contribution is 6.07. The number of anilines is 3. The number of hydrogen-bond acceptors (Lipinski definition) is 5. The van der Waals surface area contributed by atoms with E-state index in [1.165, 1.54) is 44.5 Å². The minimum absolute atomic E-state index is 0.139. The lowest BCUT2D eigenvalue weighted by molar-refractivity contribution is 0.660. The standard InChI is InChI=1S/C57H42N4O/c1-56(2)47-21-13-11-19-41(47)43-28-24-39(33-49(43)56)61(40-25-29-44-42-20-12-14-22-48(42)57(3,4)50(44)34-40)38-26-30-51-46(32-38)45-27-23-37(31-52(45)62-51)55-59-53(35-15-7-5-8-16-35)58-54(60-55)36-17-9-6-10-18-36/h5-34H,1-4H3. The third kappa shape index (κ3) is 5.51. The number of aromatic nitrogens is 3. The number of nitrogens with zero attached hydrogens (tertiary/aromatic N) is 4. The van der Waals surface area contributed by atoms with Crippen molar-refractivity contribution in [2.75, 3.05) is 4.90 Å². The normalized spacial score (nSPS) is 14.1. The molecule has 8 aromatic carbocycles. The number of furan rings is 1. The molecular formula is C57H42N4O. The monoisotopic (exact) mass is 798 g/mol. The average Bonchev–Trinajstić information content (AvgIpc) is 3.88. The van der Waals surface area contributed by atoms with Gasteiger partial charge in [-0.2, -0.15) is 0 Å². The lowest BCUT2D eigenvalue weighted by Gasteiger charge is -2.29. The first-order valence-corrected chi connectivity index (χ1v) is 21.3. The van der Waals surface area contributed by atoms with Gasteiger partial charge in [0.2, 0.25) is 0 Å². The van der Waals surface area contributed by atoms with Crippen LogP contribution in [0.25, 0.3) is 78.4 Å². The Labute approximate surface area is 361 Å². The van der Waals surface area contributed by atoms with Crippen molar-refractivity contribution in [3.05, 3.63) is 204 Å². The van der Waals surface area contributed by atoms with E-state index in [0.29, 0.717) is 17.5 Å². The van der Waals surface area contributed by atoms with Gasteiger partial charge in [-0.05, 0) is 99.1 Å². The molecule has 0 aliphatic heterocycles. The molecule has 0 saturated heterocycles. The number of benzene rings is 8. The Morgan fingerprint density at radius 1 is 0.355 bits per heavy atom. The van der Waals surface area contributed by atoms with E-state index in [2.05, 4.69) is 154 Å². The zero-order chi connectivity index (χ0) is 41.7. The van der Waals surface area contributed by atoms with Crippen LogP contribution in [0, 0.1) is 0 Å². The predicted octanol–water partition coefficient (Wildman–Crippen LogP) is 14.9. The molecule has 62 heavy (non-hydrogen) atoms. The Bertz CT molecular complexity index is 3250. The zero-order valence-electron chi connectivity index (χ0n) is 35.0. The zero-order valence-corrected chi connectivity index (χ0v) is 35.0. The summed E-state index contributed by atoms with van der Waals surface area (Å²) in [5.74, 6) is 1.85. The molecule has 0 N–H and O–H groups in total. The van der Waals surface area contributed by atoms with Gasteiger partial charge in [-0.25, -0.2) is 15.0 Å². The van der Waals surface area contributed by atoms with Crippen molar-refractivity contribution in [3.8, 4) is 56.4 Å². The minimum Gasteiger partial charge on any atom is -0.456 e. The molecule has 0 amide bonds. The van der Waals surface area contributed by atoms with E-state index < -0.39 is 0 Å². The van der Waals surface area contributed by atoms with Crippen LogP contribution in [-0.4, -0.2) is 15.0 Å². The lowest BCUT2D eigenvalue weighted by atomic mass is 9.82. The first-order valence-electron chi connectivity index (χ1n) is 21.3. The van der Waals surface area contributed by atoms with Crippen LogP contribution >= 0.6 is 0 Å². The molecule has 0 unspecified atom stereocenters. The fourth-order valence-electron chi connectivity index (χ4n) is 10.1. The summed E-state index contributed by atoms with van der Waals surface area (Å²) in [5, 5.41) is 2.07. The Balaban J connectivity index is 1.00. The molecule has 2 aliphatic rings. The molecule has 2 heterocycles. The number of rotatable bonds is 6. The second-order valence-electron chi connectivity index (χ2n) is 17.7. The fourth-order valence-corrected chi connectivity index (χ4v) is 10.1. The highest BCUT2D eigenvalue weighted by Crippen LogP contribution is 2.53. The molecule has 0 radical (unpaired) electrons. The predicted molar refractivity (Wildman–Crippen MR) is 253 cm³/mol. The SMILES string of the molecule is CC1(C)c2ccccc2-c2ccc(N(c3ccc4c(c3)C(C)(C)c3ccccc3-4)c3ccc4oc5cc(-c6nc(-c7ccccc7)nc(-c7ccccc7)n6)ccc5c4c3)cc21. The smallest absolute Gasteiger partial charge is 0.164 e. The third-order valence-electron chi connectivity index (χ3n) is 13.3. The van der Waals surface area contributed by atoms with Gasteiger partial charge in [0, 0.05) is 55.4 Å². The number of fused-ring (bicyclic) bond motifs is 9. The molecule has 0 saturated carbocycles. The van der Waals surface area contributed by atoms with Crippen LogP contribution in [-0.2, 0) is 10.8 Å². The van der Waals surface area contributed by atoms with Crippen molar-refractivity contribution >= 4 is 39.0 Å². The van der Waals surface area contributed by atoms with Crippen molar-refractivity contribution in [2.45, 2.75) is 38.5 Å². The van der Waals surface area contributed by atoms with E-state index in [0.717, 1.165) is 55.7 Å². The average molecular weight is 799 g/mol. The van der Waals surface area contributed by atoms with Gasteiger partial charge >= 0.3 is 0 Å². The summed E-state index contributed by atoms with van der Waals surface area (Å²) in [6.07, 6.45) is 0. The van der Waals surface area contributed by atoms with E-state index in [-0.39, 0.29) is 10.8 Å². The van der Waals surface area contributed by atoms with Gasteiger partial charge in [-0.3, -0.25) is 0 Å². The van der Waals surface area contributed by atoms with Crippen LogP contribution in [0.4, 0.5) is 17.1 Å². The van der Waals surface area contributed by atoms with E-state index in [1.807, 2.05) is 60.7 Å². The molecule has 0 spiro atoms. The van der Waals surface area contributed by atoms with E-state index >= 15 is 0 Å². The quantitative estimate of drug-likeness (QED) is 0.168. The van der Waals surface area contributed by atoms with Crippen molar-refractivity contribution in [2.24, 2.45) is 0 Å². The maximum Gasteiger partial charge on any atom is 0.164 e. The second kappa shape index (κ2) is 13.4. The Kier molecular flexibility index (Phi) is 7.85. The molecule has 2 aliphatic carbocycles. The Morgan fingerprint density at radius 2 is 0.806 bits per heavy atom. The molecule has 0 atom stereocenters. The summed E-state index contributed by atoms with van der Waals surface area (Å²) in [6.45, 7) is 9.39. The maximum absolute atomic E-state index is 6.65. The minimum atomic E-state index is -0.139. The first-order chi connectivity index (χ1) is 30.2. The highest BCUT2D eigenvalue weighted by atomic mass is 16.3. The maximum atomic E-state index is 6.65. The molecule has 5 nitrogen and oxygen atoms in total. The Hall–Kier alpha value is -7.63. The fraction of sp³-hybridized carbons (Fsp3) is 0.105. The van der Waals surface area contributed by atoms with Crippen LogP contribution in [0.2, 0.25) is 0 Å². The van der Waals surface area contributed by atoms with Gasteiger partial charge in [0.25, 0.3) is 0 Å². The molecule has 10 aromatic rings. The molecular weight excluding hydrogens is 757 g/mol. The van der Waals surface area contributed by atoms with Crippen LogP contribution in [0.5, 0.6) is 0 Å². The summed E-state index contributed by atoms with van der Waals surface area (Å²) in [6, 6.07) is 64.8. The number of hydrogen-bond donors (Lipinski definition) is 0.